The van der Waals surface area contributed by atoms with Gasteiger partial charge in [0.25, 0.3) is 0 Å². The standard InChI is InChI=1S/C8H16N2.C6H8F6N2.BrH.H3O4P/c1-3-4-5-10-7-6-9(2)8-10;1-3-14-5(9,10)4(7,8)13(2)6(14,11)12;;1-5(2,3)4/h6-7H,3-5,8H2,1-2H3;3H2,1-2H3;1H;(H3,1,2,3,4). The number of hydrogen-bond acceptors (Lipinski definition) is 5. The molecule has 16 heteroatoms. The molecule has 3 N–H and O–H groups in total. The third-order valence-electron chi connectivity index (χ3n) is 3.90. The predicted octanol–water partition coefficient (Wildman–Crippen LogP) is 3.10. The van der Waals surface area contributed by atoms with Crippen molar-refractivity contribution in [2.75, 3.05) is 33.9 Å². The van der Waals surface area contributed by atoms with Gasteiger partial charge in [-0.15, -0.1) is 17.0 Å². The van der Waals surface area contributed by atoms with Crippen LogP contribution in [0.4, 0.5) is 26.3 Å². The molecule has 0 aromatic heterocycles. The molecule has 0 radical (unpaired) electrons. The summed E-state index contributed by atoms with van der Waals surface area (Å²) in [4.78, 5) is 24.3. The molecule has 182 valence electrons. The van der Waals surface area contributed by atoms with E-state index in [2.05, 4.69) is 36.2 Å². The maximum Gasteiger partial charge on any atom is 0.466 e. The predicted molar refractivity (Wildman–Crippen MR) is 103 cm³/mol. The third-order valence-corrected chi connectivity index (χ3v) is 3.90. The number of unbranched alkanes of at least 4 members (excludes halogenated alkanes) is 1. The number of likely N-dealkylation sites (N-methyl/N-ethyl adjacent to an activating group) is 2. The zero-order valence-electron chi connectivity index (χ0n) is 16.9. The lowest BCUT2D eigenvalue weighted by molar-refractivity contribution is -0.278. The summed E-state index contributed by atoms with van der Waals surface area (Å²) in [5.41, 5.74) is 0. The summed E-state index contributed by atoms with van der Waals surface area (Å²) in [5.74, 6) is 0. The molecule has 0 saturated carbocycles. The van der Waals surface area contributed by atoms with E-state index >= 15 is 0 Å². The van der Waals surface area contributed by atoms with Crippen LogP contribution in [0.1, 0.15) is 26.7 Å². The van der Waals surface area contributed by atoms with Crippen LogP contribution in [0.25, 0.3) is 0 Å². The van der Waals surface area contributed by atoms with Gasteiger partial charge >= 0.3 is 26.1 Å². The lowest BCUT2D eigenvalue weighted by atomic mass is 10.3. The first-order valence-corrected chi connectivity index (χ1v) is 10.0. The molecule has 2 aliphatic rings. The van der Waals surface area contributed by atoms with E-state index in [1.807, 2.05) is 0 Å². The highest BCUT2D eigenvalue weighted by Gasteiger charge is 2.79. The third kappa shape index (κ3) is 8.52. The highest BCUT2D eigenvalue weighted by molar-refractivity contribution is 8.93. The molecule has 1 saturated heterocycles. The van der Waals surface area contributed by atoms with Gasteiger partial charge in [-0.3, -0.25) is 0 Å². The number of nitrogens with zero attached hydrogens (tertiary/aromatic N) is 4. The maximum absolute atomic E-state index is 12.9. The fourth-order valence-corrected chi connectivity index (χ4v) is 2.37. The normalized spacial score (nSPS) is 22.0. The number of halogens is 7. The van der Waals surface area contributed by atoms with Crippen molar-refractivity contribution >= 4 is 24.8 Å². The molecule has 0 aromatic rings. The summed E-state index contributed by atoms with van der Waals surface area (Å²) < 4.78 is 85.6. The Hall–Kier alpha value is -0.570. The van der Waals surface area contributed by atoms with Crippen molar-refractivity contribution in [3.63, 3.8) is 0 Å². The lowest BCUT2D eigenvalue weighted by Crippen LogP contribution is -2.49. The smallest absolute Gasteiger partial charge is 0.362 e. The van der Waals surface area contributed by atoms with Gasteiger partial charge in [0.2, 0.25) is 0 Å². The Morgan fingerprint density at radius 2 is 1.43 bits per heavy atom. The van der Waals surface area contributed by atoms with Gasteiger partial charge in [0.05, 0.1) is 6.67 Å². The molecule has 0 spiro atoms. The zero-order valence-corrected chi connectivity index (χ0v) is 19.5. The van der Waals surface area contributed by atoms with Crippen LogP contribution in [-0.4, -0.2) is 86.4 Å². The number of alkyl halides is 6. The van der Waals surface area contributed by atoms with E-state index in [0.29, 0.717) is 0 Å². The average molecular weight is 541 g/mol. The Kier molecular flexibility index (Phi) is 12.5. The first-order chi connectivity index (χ1) is 12.9. The van der Waals surface area contributed by atoms with Crippen LogP contribution in [0, 0.1) is 0 Å². The molecule has 0 bridgehead atoms. The second kappa shape index (κ2) is 11.9. The zero-order chi connectivity index (χ0) is 23.3. The van der Waals surface area contributed by atoms with E-state index in [4.69, 9.17) is 19.2 Å². The van der Waals surface area contributed by atoms with E-state index < -0.39 is 42.4 Å². The van der Waals surface area contributed by atoms with Crippen LogP contribution in [-0.2, 0) is 4.57 Å². The summed E-state index contributed by atoms with van der Waals surface area (Å²) in [5, 5.41) is 0. The Morgan fingerprint density at radius 1 is 0.967 bits per heavy atom. The van der Waals surface area contributed by atoms with E-state index in [1.54, 1.807) is 0 Å². The second-order valence-electron chi connectivity index (χ2n) is 6.27. The monoisotopic (exact) mass is 540 g/mol. The molecule has 0 atom stereocenters. The van der Waals surface area contributed by atoms with E-state index in [-0.39, 0.29) is 24.0 Å². The SMILES string of the molecule is Br.CCCCN1C=CN(C)C1.CCN1C(F)(F)N(C)C(F)(F)C1(F)F.O=P(O)(O)O. The second-order valence-corrected chi connectivity index (χ2v) is 7.30. The van der Waals surface area contributed by atoms with Gasteiger partial charge in [-0.1, -0.05) is 20.3 Å². The first kappa shape index (κ1) is 31.6. The molecule has 0 aliphatic carbocycles. The minimum atomic E-state index is -4.87. The first-order valence-electron chi connectivity index (χ1n) is 8.48. The molecular weight excluding hydrogens is 513 g/mol. The van der Waals surface area contributed by atoms with Crippen molar-refractivity contribution in [1.29, 1.82) is 0 Å². The van der Waals surface area contributed by atoms with Gasteiger partial charge in [0.15, 0.2) is 0 Å². The van der Waals surface area contributed by atoms with Gasteiger partial charge in [-0.05, 0) is 13.5 Å². The van der Waals surface area contributed by atoms with Crippen molar-refractivity contribution in [1.82, 2.24) is 19.6 Å². The van der Waals surface area contributed by atoms with Crippen LogP contribution >= 0.6 is 24.8 Å². The molecule has 2 aliphatic heterocycles. The Labute approximate surface area is 181 Å². The van der Waals surface area contributed by atoms with E-state index in [1.165, 1.54) is 19.4 Å². The lowest BCUT2D eigenvalue weighted by Gasteiger charge is -2.25. The average Bonchev–Trinajstić information content (AvgIpc) is 2.99. The maximum atomic E-state index is 12.9. The molecule has 30 heavy (non-hydrogen) atoms. The fraction of sp³-hybridized carbons (Fsp3) is 0.857. The van der Waals surface area contributed by atoms with Crippen LogP contribution < -0.4 is 0 Å². The van der Waals surface area contributed by atoms with Crippen LogP contribution in [0.2, 0.25) is 0 Å². The minimum absolute atomic E-state index is 0. The van der Waals surface area contributed by atoms with Crippen LogP contribution in [0.5, 0.6) is 0 Å². The van der Waals surface area contributed by atoms with E-state index in [0.717, 1.165) is 13.6 Å². The fourth-order valence-electron chi connectivity index (χ4n) is 2.37. The van der Waals surface area contributed by atoms with Crippen molar-refractivity contribution in [3.8, 4) is 0 Å². The number of hydrogen-bond donors (Lipinski definition) is 3. The molecular formula is C14H28BrF6N4O4P. The molecule has 2 rings (SSSR count). The van der Waals surface area contributed by atoms with Crippen molar-refractivity contribution in [3.05, 3.63) is 12.4 Å². The summed E-state index contributed by atoms with van der Waals surface area (Å²) >= 11 is 0. The highest BCUT2D eigenvalue weighted by Crippen LogP contribution is 2.53. The Morgan fingerprint density at radius 3 is 1.67 bits per heavy atom. The largest absolute Gasteiger partial charge is 0.466 e. The molecule has 0 aromatic carbocycles. The summed E-state index contributed by atoms with van der Waals surface area (Å²) in [6, 6.07) is -9.73. The van der Waals surface area contributed by atoms with Crippen LogP contribution in [0.3, 0.4) is 0 Å². The summed E-state index contributed by atoms with van der Waals surface area (Å²) in [6.07, 6.45) is 2.53. The molecule has 8 nitrogen and oxygen atoms in total. The van der Waals surface area contributed by atoms with Crippen molar-refractivity contribution in [2.45, 2.75) is 45.0 Å². The summed E-state index contributed by atoms with van der Waals surface area (Å²) in [7, 11) is -2.29. The molecule has 0 unspecified atom stereocenters. The van der Waals surface area contributed by atoms with Gasteiger partial charge < -0.3 is 24.5 Å². The van der Waals surface area contributed by atoms with E-state index in [9.17, 15) is 26.3 Å². The molecule has 1 fully saturated rings. The molecule has 0 amide bonds. The van der Waals surface area contributed by atoms with Gasteiger partial charge in [0, 0.05) is 32.5 Å². The summed E-state index contributed by atoms with van der Waals surface area (Å²) in [6.45, 7) is 4.58. The molecule has 2 heterocycles. The Bertz CT molecular complexity index is 591. The highest BCUT2D eigenvalue weighted by atomic mass is 79.9. The quantitative estimate of drug-likeness (QED) is 0.285. The topological polar surface area (TPSA) is 90.7 Å². The Balaban J connectivity index is 0. The van der Waals surface area contributed by atoms with Gasteiger partial charge in [-0.25, -0.2) is 4.57 Å². The van der Waals surface area contributed by atoms with Gasteiger partial charge in [-0.2, -0.15) is 36.1 Å². The van der Waals surface area contributed by atoms with Gasteiger partial charge in [0.1, 0.15) is 0 Å². The van der Waals surface area contributed by atoms with Crippen molar-refractivity contribution < 1.29 is 45.6 Å². The van der Waals surface area contributed by atoms with Crippen molar-refractivity contribution in [2.24, 2.45) is 0 Å². The minimum Gasteiger partial charge on any atom is -0.362 e. The van der Waals surface area contributed by atoms with Crippen LogP contribution in [0.15, 0.2) is 12.4 Å². The number of rotatable bonds is 4. The number of phosphoric acid groups is 1.